The molecule has 162 valence electrons. The molecular formula is C23H18FN3O2S3. The number of hydrogen-bond donors (Lipinski definition) is 2. The van der Waals surface area contributed by atoms with E-state index < -0.39 is 0 Å². The molecule has 0 aliphatic carbocycles. The molecule has 0 radical (unpaired) electrons. The fourth-order valence-corrected chi connectivity index (χ4v) is 5.10. The quantitative estimate of drug-likeness (QED) is 0.299. The Kier molecular flexibility index (Phi) is 6.99. The van der Waals surface area contributed by atoms with Crippen molar-refractivity contribution in [1.29, 1.82) is 0 Å². The van der Waals surface area contributed by atoms with Gasteiger partial charge in [0.2, 0.25) is 5.91 Å². The van der Waals surface area contributed by atoms with Gasteiger partial charge in [-0.25, -0.2) is 9.37 Å². The van der Waals surface area contributed by atoms with Gasteiger partial charge in [-0.1, -0.05) is 6.07 Å². The number of aromatic nitrogens is 1. The summed E-state index contributed by atoms with van der Waals surface area (Å²) in [5.41, 5.74) is 1.85. The van der Waals surface area contributed by atoms with E-state index in [-0.39, 0.29) is 22.9 Å². The Balaban J connectivity index is 1.31. The van der Waals surface area contributed by atoms with Gasteiger partial charge in [0.25, 0.3) is 5.91 Å². The predicted molar refractivity (Wildman–Crippen MR) is 130 cm³/mol. The van der Waals surface area contributed by atoms with Crippen LogP contribution in [-0.4, -0.2) is 22.0 Å². The van der Waals surface area contributed by atoms with Crippen LogP contribution in [0.5, 0.6) is 0 Å². The highest BCUT2D eigenvalue weighted by Crippen LogP contribution is 2.30. The third-order valence-electron chi connectivity index (χ3n) is 4.41. The zero-order chi connectivity index (χ0) is 22.5. The van der Waals surface area contributed by atoms with Gasteiger partial charge < -0.3 is 10.6 Å². The van der Waals surface area contributed by atoms with E-state index in [9.17, 15) is 14.0 Å². The molecule has 0 aliphatic heterocycles. The van der Waals surface area contributed by atoms with E-state index in [2.05, 4.69) is 15.6 Å². The summed E-state index contributed by atoms with van der Waals surface area (Å²) in [6.45, 7) is 1.83. The molecule has 0 spiro atoms. The second-order valence-electron chi connectivity index (χ2n) is 6.75. The van der Waals surface area contributed by atoms with Gasteiger partial charge in [-0.05, 0) is 66.9 Å². The SMILES string of the molecule is CC(Sc1ccc(NC(=O)c2ccc(F)cc2)cc1)C(=O)Nc1nc(-c2cccs2)cs1. The number of hydrogen-bond acceptors (Lipinski definition) is 6. The molecule has 0 saturated heterocycles. The normalized spacial score (nSPS) is 11.7. The van der Waals surface area contributed by atoms with Gasteiger partial charge in [-0.3, -0.25) is 9.59 Å². The molecule has 2 aromatic carbocycles. The van der Waals surface area contributed by atoms with Crippen LogP contribution in [0.3, 0.4) is 0 Å². The average Bonchev–Trinajstić information content (AvgIpc) is 3.47. The lowest BCUT2D eigenvalue weighted by atomic mass is 10.2. The molecule has 0 bridgehead atoms. The fourth-order valence-electron chi connectivity index (χ4n) is 2.75. The lowest BCUT2D eigenvalue weighted by molar-refractivity contribution is -0.115. The molecule has 1 unspecified atom stereocenters. The summed E-state index contributed by atoms with van der Waals surface area (Å²) in [5.74, 6) is -0.835. The van der Waals surface area contributed by atoms with Crippen LogP contribution in [0.25, 0.3) is 10.6 Å². The van der Waals surface area contributed by atoms with E-state index in [0.29, 0.717) is 16.4 Å². The Morgan fingerprint density at radius 3 is 2.44 bits per heavy atom. The molecule has 2 amide bonds. The zero-order valence-corrected chi connectivity index (χ0v) is 19.3. The number of carbonyl (C=O) groups excluding carboxylic acids is 2. The lowest BCUT2D eigenvalue weighted by Gasteiger charge is -2.11. The van der Waals surface area contributed by atoms with E-state index in [1.165, 1.54) is 47.4 Å². The Bertz CT molecular complexity index is 1210. The number of benzene rings is 2. The minimum Gasteiger partial charge on any atom is -0.322 e. The number of rotatable bonds is 7. The fraction of sp³-hybridized carbons (Fsp3) is 0.0870. The third kappa shape index (κ3) is 5.61. The van der Waals surface area contributed by atoms with Gasteiger partial charge in [-0.15, -0.1) is 34.4 Å². The summed E-state index contributed by atoms with van der Waals surface area (Å²) in [6, 6.07) is 16.5. The summed E-state index contributed by atoms with van der Waals surface area (Å²) in [7, 11) is 0. The number of nitrogens with one attached hydrogen (secondary N) is 2. The maximum absolute atomic E-state index is 13.0. The number of thiazole rings is 1. The molecule has 2 heterocycles. The van der Waals surface area contributed by atoms with Crippen molar-refractivity contribution in [2.75, 3.05) is 10.6 Å². The summed E-state index contributed by atoms with van der Waals surface area (Å²) in [6.07, 6.45) is 0. The van der Waals surface area contributed by atoms with Gasteiger partial charge in [0, 0.05) is 21.5 Å². The standard InChI is InChI=1S/C23H18FN3O2S3/c1-14(21(28)27-23-26-19(13-31-23)20-3-2-12-30-20)32-18-10-8-17(9-11-18)25-22(29)15-4-6-16(24)7-5-15/h2-14H,1H3,(H,25,29)(H,26,27,28). The Hall–Kier alpha value is -3.01. The first kappa shape index (κ1) is 22.2. The smallest absolute Gasteiger partial charge is 0.255 e. The van der Waals surface area contributed by atoms with Crippen molar-refractivity contribution in [3.63, 3.8) is 0 Å². The van der Waals surface area contributed by atoms with Crippen molar-refractivity contribution >= 4 is 57.1 Å². The first-order chi connectivity index (χ1) is 15.5. The Morgan fingerprint density at radius 1 is 1.00 bits per heavy atom. The highest BCUT2D eigenvalue weighted by molar-refractivity contribution is 8.00. The second-order valence-corrected chi connectivity index (χ2v) is 9.97. The van der Waals surface area contributed by atoms with Crippen molar-refractivity contribution < 1.29 is 14.0 Å². The number of nitrogens with zero attached hydrogens (tertiary/aromatic N) is 1. The molecule has 2 aromatic heterocycles. The van der Waals surface area contributed by atoms with Crippen molar-refractivity contribution in [2.45, 2.75) is 17.1 Å². The van der Waals surface area contributed by atoms with Gasteiger partial charge in [0.1, 0.15) is 5.82 Å². The predicted octanol–water partition coefficient (Wildman–Crippen LogP) is 6.38. The molecular weight excluding hydrogens is 465 g/mol. The number of thioether (sulfide) groups is 1. The molecule has 4 rings (SSSR count). The first-order valence-corrected chi connectivity index (χ1v) is 12.3. The first-order valence-electron chi connectivity index (χ1n) is 9.62. The van der Waals surface area contributed by atoms with Crippen LogP contribution in [0.2, 0.25) is 0 Å². The summed E-state index contributed by atoms with van der Waals surface area (Å²) in [5, 5.41) is 9.81. The monoisotopic (exact) mass is 483 g/mol. The van der Waals surface area contributed by atoms with E-state index >= 15 is 0 Å². The number of carbonyl (C=O) groups is 2. The molecule has 1 atom stereocenters. The molecule has 0 aliphatic rings. The molecule has 32 heavy (non-hydrogen) atoms. The highest BCUT2D eigenvalue weighted by atomic mass is 32.2. The Labute approximate surface area is 196 Å². The van der Waals surface area contributed by atoms with Crippen molar-refractivity contribution in [2.24, 2.45) is 0 Å². The molecule has 0 saturated carbocycles. The van der Waals surface area contributed by atoms with Crippen LogP contribution in [0, 0.1) is 5.82 Å². The molecule has 9 heteroatoms. The van der Waals surface area contributed by atoms with E-state index in [1.54, 1.807) is 23.5 Å². The van der Waals surface area contributed by atoms with Crippen LogP contribution in [0.15, 0.2) is 76.3 Å². The number of amides is 2. The van der Waals surface area contributed by atoms with Crippen LogP contribution in [-0.2, 0) is 4.79 Å². The molecule has 4 aromatic rings. The van der Waals surface area contributed by atoms with Crippen molar-refractivity contribution in [1.82, 2.24) is 4.98 Å². The van der Waals surface area contributed by atoms with Gasteiger partial charge in [-0.2, -0.15) is 0 Å². The van der Waals surface area contributed by atoms with Crippen molar-refractivity contribution in [3.05, 3.63) is 82.8 Å². The lowest BCUT2D eigenvalue weighted by Crippen LogP contribution is -2.22. The van der Waals surface area contributed by atoms with Crippen molar-refractivity contribution in [3.8, 4) is 10.6 Å². The van der Waals surface area contributed by atoms with Crippen LogP contribution in [0.4, 0.5) is 15.2 Å². The number of halogens is 1. The van der Waals surface area contributed by atoms with E-state index in [1.807, 2.05) is 41.9 Å². The Morgan fingerprint density at radius 2 is 1.75 bits per heavy atom. The maximum atomic E-state index is 13.0. The maximum Gasteiger partial charge on any atom is 0.255 e. The highest BCUT2D eigenvalue weighted by Gasteiger charge is 2.17. The number of thiophene rings is 1. The van der Waals surface area contributed by atoms with E-state index in [0.717, 1.165) is 15.5 Å². The van der Waals surface area contributed by atoms with Crippen LogP contribution < -0.4 is 10.6 Å². The second kappa shape index (κ2) is 10.1. The topological polar surface area (TPSA) is 71.1 Å². The largest absolute Gasteiger partial charge is 0.322 e. The summed E-state index contributed by atoms with van der Waals surface area (Å²) in [4.78, 5) is 31.2. The van der Waals surface area contributed by atoms with Crippen LogP contribution in [0.1, 0.15) is 17.3 Å². The number of anilines is 2. The third-order valence-corrected chi connectivity index (χ3v) is 7.17. The van der Waals surface area contributed by atoms with Gasteiger partial charge in [0.15, 0.2) is 5.13 Å². The summed E-state index contributed by atoms with van der Waals surface area (Å²) < 4.78 is 13.0. The minimum absolute atomic E-state index is 0.129. The molecule has 5 nitrogen and oxygen atoms in total. The minimum atomic E-state index is -0.390. The van der Waals surface area contributed by atoms with E-state index in [4.69, 9.17) is 0 Å². The average molecular weight is 484 g/mol. The van der Waals surface area contributed by atoms with Gasteiger partial charge >= 0.3 is 0 Å². The molecule has 2 N–H and O–H groups in total. The van der Waals surface area contributed by atoms with Crippen LogP contribution >= 0.6 is 34.4 Å². The van der Waals surface area contributed by atoms with Gasteiger partial charge in [0.05, 0.1) is 15.8 Å². The summed E-state index contributed by atoms with van der Waals surface area (Å²) >= 11 is 4.42. The molecule has 0 fully saturated rings. The zero-order valence-electron chi connectivity index (χ0n) is 16.9.